The van der Waals surface area contributed by atoms with Crippen molar-refractivity contribution in [2.75, 3.05) is 16.8 Å². The number of hydrogen-bond acceptors (Lipinski definition) is 5. The van der Waals surface area contributed by atoms with E-state index >= 15 is 0 Å². The van der Waals surface area contributed by atoms with E-state index in [0.717, 1.165) is 27.9 Å². The van der Waals surface area contributed by atoms with Crippen LogP contribution in [0.2, 0.25) is 0 Å². The highest BCUT2D eigenvalue weighted by Crippen LogP contribution is 2.28. The highest BCUT2D eigenvalue weighted by Gasteiger charge is 2.35. The predicted molar refractivity (Wildman–Crippen MR) is 130 cm³/mol. The zero-order valence-corrected chi connectivity index (χ0v) is 19.0. The maximum atomic E-state index is 12.8. The van der Waals surface area contributed by atoms with Gasteiger partial charge in [0.2, 0.25) is 17.6 Å². The summed E-state index contributed by atoms with van der Waals surface area (Å²) in [7, 11) is 0. The lowest BCUT2D eigenvalue weighted by atomic mass is 10.1. The smallest absolute Gasteiger partial charge is 0.258 e. The van der Waals surface area contributed by atoms with Crippen molar-refractivity contribution in [1.82, 2.24) is 10.1 Å². The van der Waals surface area contributed by atoms with Crippen molar-refractivity contribution in [2.45, 2.75) is 20.3 Å². The molecule has 1 saturated heterocycles. The lowest BCUT2D eigenvalue weighted by molar-refractivity contribution is -0.122. The van der Waals surface area contributed by atoms with Gasteiger partial charge >= 0.3 is 0 Å². The van der Waals surface area contributed by atoms with Crippen LogP contribution in [0.3, 0.4) is 0 Å². The standard InChI is InChI=1S/C27H24N4O3/c1-17-6-8-19(9-7-17)25-29-27(34-30-25)20-10-12-22(13-11-20)28-26(33)21-15-24(32)31(16-21)23-5-3-4-18(2)14-23/h3-14,21H,15-16H2,1-2H3,(H,28,33). The summed E-state index contributed by atoms with van der Waals surface area (Å²) in [6, 6.07) is 22.9. The second kappa shape index (κ2) is 8.94. The number of carbonyl (C=O) groups excluding carboxylic acids is 2. The normalized spacial score (nSPS) is 15.5. The van der Waals surface area contributed by atoms with E-state index in [9.17, 15) is 9.59 Å². The first-order chi connectivity index (χ1) is 16.5. The maximum absolute atomic E-state index is 12.8. The fourth-order valence-corrected chi connectivity index (χ4v) is 4.03. The number of carbonyl (C=O) groups is 2. The highest BCUT2D eigenvalue weighted by molar-refractivity contribution is 6.03. The molecule has 0 saturated carbocycles. The Morgan fingerprint density at radius 3 is 2.44 bits per heavy atom. The molecule has 4 aromatic rings. The zero-order valence-electron chi connectivity index (χ0n) is 19.0. The van der Waals surface area contributed by atoms with Crippen molar-refractivity contribution in [3.8, 4) is 22.8 Å². The SMILES string of the molecule is Cc1ccc(-c2noc(-c3ccc(NC(=O)C4CC(=O)N(c5cccc(C)c5)C4)cc3)n2)cc1. The Labute approximate surface area is 197 Å². The fraction of sp³-hybridized carbons (Fsp3) is 0.185. The van der Waals surface area contributed by atoms with Crippen LogP contribution in [0.15, 0.2) is 77.3 Å². The third-order valence-electron chi connectivity index (χ3n) is 5.94. The molecule has 170 valence electrons. The van der Waals surface area contributed by atoms with E-state index in [1.807, 2.05) is 74.5 Å². The quantitative estimate of drug-likeness (QED) is 0.460. The monoisotopic (exact) mass is 452 g/mol. The molecule has 1 atom stereocenters. The summed E-state index contributed by atoms with van der Waals surface area (Å²) in [6.45, 7) is 4.38. The van der Waals surface area contributed by atoms with Gasteiger partial charge in [0.05, 0.1) is 5.92 Å². The van der Waals surface area contributed by atoms with E-state index in [1.165, 1.54) is 0 Å². The van der Waals surface area contributed by atoms with Gasteiger partial charge in [-0.1, -0.05) is 47.1 Å². The van der Waals surface area contributed by atoms with Gasteiger partial charge in [-0.3, -0.25) is 9.59 Å². The predicted octanol–water partition coefficient (Wildman–Crippen LogP) is 5.01. The molecular formula is C27H24N4O3. The van der Waals surface area contributed by atoms with Gasteiger partial charge in [-0.15, -0.1) is 0 Å². The minimum atomic E-state index is -0.402. The summed E-state index contributed by atoms with van der Waals surface area (Å²) < 4.78 is 5.42. The van der Waals surface area contributed by atoms with Gasteiger partial charge < -0.3 is 14.7 Å². The molecule has 0 spiro atoms. The Hall–Kier alpha value is -4.26. The van der Waals surface area contributed by atoms with Crippen LogP contribution in [-0.4, -0.2) is 28.5 Å². The molecule has 1 N–H and O–H groups in total. The number of anilines is 2. The Kier molecular flexibility index (Phi) is 5.67. The Morgan fingerprint density at radius 2 is 1.71 bits per heavy atom. The molecule has 7 heteroatoms. The van der Waals surface area contributed by atoms with Gasteiger partial charge in [0.25, 0.3) is 5.89 Å². The van der Waals surface area contributed by atoms with Crippen molar-refractivity contribution in [3.63, 3.8) is 0 Å². The van der Waals surface area contributed by atoms with E-state index in [-0.39, 0.29) is 18.2 Å². The fourth-order valence-electron chi connectivity index (χ4n) is 4.03. The lowest BCUT2D eigenvalue weighted by Crippen LogP contribution is -2.28. The van der Waals surface area contributed by atoms with E-state index in [4.69, 9.17) is 4.52 Å². The maximum Gasteiger partial charge on any atom is 0.258 e. The number of hydrogen-bond donors (Lipinski definition) is 1. The van der Waals surface area contributed by atoms with Crippen molar-refractivity contribution in [3.05, 3.63) is 83.9 Å². The largest absolute Gasteiger partial charge is 0.334 e. The summed E-state index contributed by atoms with van der Waals surface area (Å²) in [5.74, 6) is 0.318. The molecule has 1 aliphatic heterocycles. The summed E-state index contributed by atoms with van der Waals surface area (Å²) in [6.07, 6.45) is 0.196. The Bertz CT molecular complexity index is 1340. The molecule has 1 fully saturated rings. The molecule has 1 aromatic heterocycles. The van der Waals surface area contributed by atoms with E-state index < -0.39 is 5.92 Å². The number of nitrogens with zero attached hydrogens (tertiary/aromatic N) is 3. The van der Waals surface area contributed by atoms with E-state index in [2.05, 4.69) is 15.5 Å². The number of aryl methyl sites for hydroxylation is 2. The molecule has 0 bridgehead atoms. The van der Waals surface area contributed by atoms with Gasteiger partial charge in [0.1, 0.15) is 0 Å². The third kappa shape index (κ3) is 4.45. The first-order valence-electron chi connectivity index (χ1n) is 11.2. The molecule has 5 rings (SSSR count). The first kappa shape index (κ1) is 21.6. The number of aromatic nitrogens is 2. The van der Waals surface area contributed by atoms with Gasteiger partial charge in [0, 0.05) is 35.5 Å². The molecule has 2 amide bonds. The van der Waals surface area contributed by atoms with Crippen LogP contribution in [0, 0.1) is 19.8 Å². The molecule has 3 aromatic carbocycles. The second-order valence-corrected chi connectivity index (χ2v) is 8.60. The van der Waals surface area contributed by atoms with Crippen LogP contribution in [-0.2, 0) is 9.59 Å². The van der Waals surface area contributed by atoms with Crippen LogP contribution in [0.4, 0.5) is 11.4 Å². The molecular weight excluding hydrogens is 428 g/mol. The van der Waals surface area contributed by atoms with Crippen LogP contribution in [0.25, 0.3) is 22.8 Å². The molecule has 1 unspecified atom stereocenters. The number of nitrogens with one attached hydrogen (secondary N) is 1. The molecule has 0 radical (unpaired) electrons. The Balaban J connectivity index is 1.24. The van der Waals surface area contributed by atoms with E-state index in [0.29, 0.717) is 23.9 Å². The first-order valence-corrected chi connectivity index (χ1v) is 11.2. The van der Waals surface area contributed by atoms with Gasteiger partial charge in [0.15, 0.2) is 0 Å². The summed E-state index contributed by atoms with van der Waals surface area (Å²) in [5.41, 5.74) is 5.35. The van der Waals surface area contributed by atoms with Crippen molar-refractivity contribution >= 4 is 23.2 Å². The molecule has 34 heavy (non-hydrogen) atoms. The van der Waals surface area contributed by atoms with Gasteiger partial charge in [-0.2, -0.15) is 4.98 Å². The minimum absolute atomic E-state index is 0.0399. The average molecular weight is 453 g/mol. The number of benzene rings is 3. The zero-order chi connectivity index (χ0) is 23.7. The van der Waals surface area contributed by atoms with Crippen molar-refractivity contribution < 1.29 is 14.1 Å². The van der Waals surface area contributed by atoms with Gasteiger partial charge in [-0.05, 0) is 55.8 Å². The van der Waals surface area contributed by atoms with Crippen molar-refractivity contribution in [2.24, 2.45) is 5.92 Å². The molecule has 1 aliphatic rings. The number of rotatable bonds is 5. The van der Waals surface area contributed by atoms with E-state index in [1.54, 1.807) is 17.0 Å². The van der Waals surface area contributed by atoms with Crippen LogP contribution in [0.5, 0.6) is 0 Å². The lowest BCUT2D eigenvalue weighted by Gasteiger charge is -2.17. The molecule has 2 heterocycles. The average Bonchev–Trinajstić information content (AvgIpc) is 3.47. The summed E-state index contributed by atoms with van der Waals surface area (Å²) >= 11 is 0. The highest BCUT2D eigenvalue weighted by atomic mass is 16.5. The second-order valence-electron chi connectivity index (χ2n) is 8.60. The number of amides is 2. The third-order valence-corrected chi connectivity index (χ3v) is 5.94. The van der Waals surface area contributed by atoms with Crippen LogP contribution < -0.4 is 10.2 Å². The molecule has 0 aliphatic carbocycles. The summed E-state index contributed by atoms with van der Waals surface area (Å²) in [4.78, 5) is 31.5. The van der Waals surface area contributed by atoms with Crippen molar-refractivity contribution in [1.29, 1.82) is 0 Å². The van der Waals surface area contributed by atoms with Gasteiger partial charge in [-0.25, -0.2) is 0 Å². The topological polar surface area (TPSA) is 88.3 Å². The molecule has 7 nitrogen and oxygen atoms in total. The summed E-state index contributed by atoms with van der Waals surface area (Å²) in [5, 5.41) is 6.99. The van der Waals surface area contributed by atoms with Crippen LogP contribution >= 0.6 is 0 Å². The van der Waals surface area contributed by atoms with Crippen LogP contribution in [0.1, 0.15) is 17.5 Å². The minimum Gasteiger partial charge on any atom is -0.334 e. The Morgan fingerprint density at radius 1 is 0.971 bits per heavy atom.